The van der Waals surface area contributed by atoms with Crippen molar-refractivity contribution < 1.29 is 9.90 Å². The van der Waals surface area contributed by atoms with Crippen molar-refractivity contribution >= 4 is 11.6 Å². The van der Waals surface area contributed by atoms with E-state index in [0.717, 1.165) is 11.4 Å². The van der Waals surface area contributed by atoms with Crippen LogP contribution in [0.5, 0.6) is 0 Å². The number of amides is 1. The maximum Gasteiger partial charge on any atom is 0.256 e. The summed E-state index contributed by atoms with van der Waals surface area (Å²) in [6.07, 6.45) is 2.50. The van der Waals surface area contributed by atoms with Gasteiger partial charge in [-0.3, -0.25) is 4.79 Å². The van der Waals surface area contributed by atoms with Gasteiger partial charge in [0.25, 0.3) is 5.91 Å². The van der Waals surface area contributed by atoms with Crippen LogP contribution in [0.1, 0.15) is 34.6 Å². The Balaban J connectivity index is 1.90. The van der Waals surface area contributed by atoms with Crippen LogP contribution in [0.4, 0.5) is 0 Å². The molecule has 1 amide bonds. The zero-order chi connectivity index (χ0) is 13.6. The Morgan fingerprint density at radius 1 is 1.47 bits per heavy atom. The number of fused-ring (bicyclic) bond motifs is 1. The van der Waals surface area contributed by atoms with Crippen molar-refractivity contribution in [1.29, 1.82) is 0 Å². The molecule has 0 aromatic carbocycles. The zero-order valence-corrected chi connectivity index (χ0v) is 10.9. The molecule has 1 aliphatic carbocycles. The highest BCUT2D eigenvalue weighted by Crippen LogP contribution is 2.20. The van der Waals surface area contributed by atoms with E-state index in [1.54, 1.807) is 10.7 Å². The first-order chi connectivity index (χ1) is 9.04. The van der Waals surface area contributed by atoms with Crippen LogP contribution in [0.2, 0.25) is 0 Å². The Hall–Kier alpha value is -1.95. The molecular formula is C13H16N4O2. The number of aliphatic hydroxyl groups is 1. The molecule has 0 radical (unpaired) electrons. The van der Waals surface area contributed by atoms with Crippen molar-refractivity contribution in [2.45, 2.75) is 38.8 Å². The lowest BCUT2D eigenvalue weighted by Gasteiger charge is -2.31. The summed E-state index contributed by atoms with van der Waals surface area (Å²) in [5, 5.41) is 16.3. The number of aliphatic hydroxyl groups excluding tert-OH is 1. The fraction of sp³-hybridized carbons (Fsp3) is 0.462. The molecule has 6 nitrogen and oxygen atoms in total. The molecule has 0 spiro atoms. The van der Waals surface area contributed by atoms with Crippen LogP contribution in [-0.2, 0) is 0 Å². The Bertz CT molecular complexity index is 643. The van der Waals surface area contributed by atoms with Crippen LogP contribution < -0.4 is 5.32 Å². The molecule has 100 valence electrons. The average molecular weight is 260 g/mol. The number of carbonyl (C=O) groups excluding carboxylic acids is 1. The molecule has 2 aromatic rings. The highest BCUT2D eigenvalue weighted by molar-refractivity contribution is 5.99. The summed E-state index contributed by atoms with van der Waals surface area (Å²) in [5.74, 6) is -0.176. The second-order valence-electron chi connectivity index (χ2n) is 5.13. The van der Waals surface area contributed by atoms with Gasteiger partial charge in [0.1, 0.15) is 5.56 Å². The molecule has 1 aliphatic rings. The van der Waals surface area contributed by atoms with Crippen LogP contribution in [0.25, 0.3) is 5.65 Å². The van der Waals surface area contributed by atoms with E-state index in [1.807, 2.05) is 19.9 Å². The predicted octanol–water partition coefficient (Wildman–Crippen LogP) is 0.599. The third-order valence-corrected chi connectivity index (χ3v) is 3.47. The summed E-state index contributed by atoms with van der Waals surface area (Å²) < 4.78 is 1.66. The SMILES string of the molecule is Cc1cc(C)n2ncc(C(=O)NC3CC(O)C3)c2n1. The Morgan fingerprint density at radius 2 is 2.21 bits per heavy atom. The number of hydrogen-bond donors (Lipinski definition) is 2. The van der Waals surface area contributed by atoms with Gasteiger partial charge in [0.05, 0.1) is 12.3 Å². The molecule has 6 heteroatoms. The van der Waals surface area contributed by atoms with Gasteiger partial charge in [0, 0.05) is 17.4 Å². The first kappa shape index (κ1) is 12.1. The van der Waals surface area contributed by atoms with E-state index in [4.69, 9.17) is 0 Å². The number of carbonyl (C=O) groups is 1. The van der Waals surface area contributed by atoms with Crippen LogP contribution in [0, 0.1) is 13.8 Å². The smallest absolute Gasteiger partial charge is 0.256 e. The lowest BCUT2D eigenvalue weighted by atomic mass is 9.89. The normalized spacial score (nSPS) is 22.3. The maximum absolute atomic E-state index is 12.2. The fourth-order valence-corrected chi connectivity index (χ4v) is 2.40. The van der Waals surface area contributed by atoms with Crippen LogP contribution in [0.15, 0.2) is 12.3 Å². The van der Waals surface area contributed by atoms with Crippen molar-refractivity contribution in [3.63, 3.8) is 0 Å². The largest absolute Gasteiger partial charge is 0.393 e. The lowest BCUT2D eigenvalue weighted by molar-refractivity contribution is 0.0563. The van der Waals surface area contributed by atoms with E-state index < -0.39 is 0 Å². The second kappa shape index (κ2) is 4.31. The number of nitrogens with one attached hydrogen (secondary N) is 1. The molecule has 2 aromatic heterocycles. The quantitative estimate of drug-likeness (QED) is 0.828. The molecule has 0 bridgehead atoms. The summed E-state index contributed by atoms with van der Waals surface area (Å²) in [6.45, 7) is 3.82. The van der Waals surface area contributed by atoms with Gasteiger partial charge in [-0.25, -0.2) is 9.50 Å². The molecule has 0 aliphatic heterocycles. The molecule has 0 atom stereocenters. The predicted molar refractivity (Wildman–Crippen MR) is 69.0 cm³/mol. The monoisotopic (exact) mass is 260 g/mol. The highest BCUT2D eigenvalue weighted by Gasteiger charge is 2.29. The molecule has 2 N–H and O–H groups in total. The fourth-order valence-electron chi connectivity index (χ4n) is 2.40. The van der Waals surface area contributed by atoms with Gasteiger partial charge >= 0.3 is 0 Å². The van der Waals surface area contributed by atoms with Crippen molar-refractivity contribution in [3.05, 3.63) is 29.2 Å². The minimum Gasteiger partial charge on any atom is -0.393 e. The van der Waals surface area contributed by atoms with Crippen LogP contribution in [0.3, 0.4) is 0 Å². The molecular weight excluding hydrogens is 244 g/mol. The molecule has 2 heterocycles. The van der Waals surface area contributed by atoms with Gasteiger partial charge in [0.15, 0.2) is 5.65 Å². The zero-order valence-electron chi connectivity index (χ0n) is 10.9. The Labute approximate surface area is 110 Å². The first-order valence-electron chi connectivity index (χ1n) is 6.35. The van der Waals surface area contributed by atoms with E-state index in [1.165, 1.54) is 0 Å². The third-order valence-electron chi connectivity index (χ3n) is 3.47. The van der Waals surface area contributed by atoms with E-state index in [0.29, 0.717) is 24.1 Å². The molecule has 1 fully saturated rings. The van der Waals surface area contributed by atoms with E-state index in [-0.39, 0.29) is 18.1 Å². The summed E-state index contributed by atoms with van der Waals surface area (Å²) in [6, 6.07) is 1.98. The molecule has 3 rings (SSSR count). The summed E-state index contributed by atoms with van der Waals surface area (Å²) in [4.78, 5) is 16.5. The van der Waals surface area contributed by atoms with E-state index in [9.17, 15) is 9.90 Å². The topological polar surface area (TPSA) is 79.5 Å². The van der Waals surface area contributed by atoms with Gasteiger partial charge < -0.3 is 10.4 Å². The molecule has 0 unspecified atom stereocenters. The van der Waals surface area contributed by atoms with Gasteiger partial charge in [-0.2, -0.15) is 5.10 Å². The lowest BCUT2D eigenvalue weighted by Crippen LogP contribution is -2.46. The van der Waals surface area contributed by atoms with Crippen molar-refractivity contribution in [2.75, 3.05) is 0 Å². The summed E-state index contributed by atoms with van der Waals surface area (Å²) in [7, 11) is 0. The van der Waals surface area contributed by atoms with Gasteiger partial charge in [-0.05, 0) is 32.8 Å². The number of hydrogen-bond acceptors (Lipinski definition) is 4. The molecule has 0 saturated heterocycles. The van der Waals surface area contributed by atoms with Crippen molar-refractivity contribution in [3.8, 4) is 0 Å². The Kier molecular flexibility index (Phi) is 2.74. The highest BCUT2D eigenvalue weighted by atomic mass is 16.3. The maximum atomic E-state index is 12.2. The molecule has 19 heavy (non-hydrogen) atoms. The van der Waals surface area contributed by atoms with Gasteiger partial charge in [-0.15, -0.1) is 0 Å². The standard InChI is InChI=1S/C13H16N4O2/c1-7-3-8(2)17-12(15-7)11(6-14-17)13(19)16-9-4-10(18)5-9/h3,6,9-10,18H,4-5H2,1-2H3,(H,16,19). The minimum absolute atomic E-state index is 0.0587. The summed E-state index contributed by atoms with van der Waals surface area (Å²) >= 11 is 0. The van der Waals surface area contributed by atoms with Crippen LogP contribution >= 0.6 is 0 Å². The number of rotatable bonds is 2. The third kappa shape index (κ3) is 2.08. The average Bonchev–Trinajstić information content (AvgIpc) is 2.70. The summed E-state index contributed by atoms with van der Waals surface area (Å²) in [5.41, 5.74) is 2.86. The number of aromatic nitrogens is 3. The second-order valence-corrected chi connectivity index (χ2v) is 5.13. The minimum atomic E-state index is -0.281. The molecule has 1 saturated carbocycles. The van der Waals surface area contributed by atoms with Crippen molar-refractivity contribution in [1.82, 2.24) is 19.9 Å². The van der Waals surface area contributed by atoms with Crippen LogP contribution in [-0.4, -0.2) is 37.8 Å². The number of nitrogens with zero attached hydrogens (tertiary/aromatic N) is 3. The number of aryl methyl sites for hydroxylation is 2. The van der Waals surface area contributed by atoms with E-state index >= 15 is 0 Å². The van der Waals surface area contributed by atoms with E-state index in [2.05, 4.69) is 15.4 Å². The van der Waals surface area contributed by atoms with Crippen molar-refractivity contribution in [2.24, 2.45) is 0 Å². The Morgan fingerprint density at radius 3 is 2.89 bits per heavy atom. The van der Waals surface area contributed by atoms with Gasteiger partial charge in [0.2, 0.25) is 0 Å². The van der Waals surface area contributed by atoms with Gasteiger partial charge in [-0.1, -0.05) is 0 Å². The first-order valence-corrected chi connectivity index (χ1v) is 6.35.